The number of nitrogens with zero attached hydrogens (tertiary/aromatic N) is 1. The molecule has 6 heteroatoms. The number of halogens is 1. The third-order valence-corrected chi connectivity index (χ3v) is 5.78. The Kier molecular flexibility index (Phi) is 4.90. The Balaban J connectivity index is 1.65. The quantitative estimate of drug-likeness (QED) is 0.688. The molecule has 27 heavy (non-hydrogen) atoms. The summed E-state index contributed by atoms with van der Waals surface area (Å²) in [6.07, 6.45) is 6.83. The average Bonchev–Trinajstić information content (AvgIpc) is 3.13. The van der Waals surface area contributed by atoms with Crippen molar-refractivity contribution in [3.8, 4) is 35.3 Å². The monoisotopic (exact) mass is 429 g/mol. The molecule has 2 heterocycles. The lowest BCUT2D eigenvalue weighted by molar-refractivity contribution is 0.173. The molecule has 0 spiro atoms. The van der Waals surface area contributed by atoms with E-state index in [0.29, 0.717) is 12.3 Å². The summed E-state index contributed by atoms with van der Waals surface area (Å²) in [4.78, 5) is 2.29. The van der Waals surface area contributed by atoms with Crippen molar-refractivity contribution in [3.63, 3.8) is 0 Å². The molecular weight excluding hydrogens is 410 g/mol. The van der Waals surface area contributed by atoms with E-state index in [-0.39, 0.29) is 12.8 Å². The Morgan fingerprint density at radius 1 is 1.15 bits per heavy atom. The van der Waals surface area contributed by atoms with Gasteiger partial charge in [-0.3, -0.25) is 4.90 Å². The molecule has 2 aromatic rings. The molecular formula is C21H20BrNO4. The lowest BCUT2D eigenvalue weighted by Gasteiger charge is -2.35. The van der Waals surface area contributed by atoms with Gasteiger partial charge in [0.2, 0.25) is 6.79 Å². The summed E-state index contributed by atoms with van der Waals surface area (Å²) in [6, 6.07) is 7.87. The van der Waals surface area contributed by atoms with Crippen LogP contribution >= 0.6 is 15.9 Å². The molecule has 140 valence electrons. The van der Waals surface area contributed by atoms with Crippen LogP contribution in [-0.2, 0) is 13.0 Å². The lowest BCUT2D eigenvalue weighted by atomic mass is 9.91. The van der Waals surface area contributed by atoms with Gasteiger partial charge in [0.15, 0.2) is 23.0 Å². The molecule has 1 atom stereocenters. The van der Waals surface area contributed by atoms with E-state index in [0.717, 1.165) is 45.8 Å². The molecule has 0 unspecified atom stereocenters. The van der Waals surface area contributed by atoms with Gasteiger partial charge in [0.05, 0.1) is 20.3 Å². The first-order valence-corrected chi connectivity index (χ1v) is 9.47. The maximum Gasteiger partial charge on any atom is 0.231 e. The van der Waals surface area contributed by atoms with E-state index in [1.165, 1.54) is 5.56 Å². The Morgan fingerprint density at radius 3 is 2.56 bits per heavy atom. The van der Waals surface area contributed by atoms with Gasteiger partial charge in [-0.15, -0.1) is 6.42 Å². The van der Waals surface area contributed by atoms with Crippen molar-refractivity contribution in [2.75, 3.05) is 27.6 Å². The summed E-state index contributed by atoms with van der Waals surface area (Å²) >= 11 is 3.64. The van der Waals surface area contributed by atoms with E-state index < -0.39 is 0 Å². The Hall–Kier alpha value is -2.36. The van der Waals surface area contributed by atoms with Gasteiger partial charge in [-0.05, 0) is 47.4 Å². The van der Waals surface area contributed by atoms with Crippen molar-refractivity contribution in [1.82, 2.24) is 4.90 Å². The number of ether oxygens (including phenoxy) is 4. The van der Waals surface area contributed by atoms with Crippen LogP contribution in [0.3, 0.4) is 0 Å². The summed E-state index contributed by atoms with van der Waals surface area (Å²) < 4.78 is 22.8. The molecule has 0 bridgehead atoms. The first kappa shape index (κ1) is 18.0. The van der Waals surface area contributed by atoms with Gasteiger partial charge in [0.1, 0.15) is 0 Å². The zero-order chi connectivity index (χ0) is 19.0. The first-order chi connectivity index (χ1) is 13.1. The summed E-state index contributed by atoms with van der Waals surface area (Å²) in [7, 11) is 3.29. The largest absolute Gasteiger partial charge is 0.493 e. The highest BCUT2D eigenvalue weighted by atomic mass is 79.9. The molecule has 4 rings (SSSR count). The number of fused-ring (bicyclic) bond motifs is 2. The van der Waals surface area contributed by atoms with Gasteiger partial charge in [0.25, 0.3) is 0 Å². The zero-order valence-electron chi connectivity index (χ0n) is 15.3. The van der Waals surface area contributed by atoms with E-state index in [9.17, 15) is 0 Å². The molecule has 2 aliphatic heterocycles. The maximum absolute atomic E-state index is 5.93. The third-order valence-electron chi connectivity index (χ3n) is 5.05. The highest BCUT2D eigenvalue weighted by Gasteiger charge is 2.29. The van der Waals surface area contributed by atoms with Crippen molar-refractivity contribution in [2.24, 2.45) is 0 Å². The van der Waals surface area contributed by atoms with Gasteiger partial charge >= 0.3 is 0 Å². The summed E-state index contributed by atoms with van der Waals surface area (Å²) in [6.45, 7) is 1.83. The second kappa shape index (κ2) is 7.34. The van der Waals surface area contributed by atoms with Gasteiger partial charge < -0.3 is 18.9 Å². The van der Waals surface area contributed by atoms with Crippen LogP contribution in [0.5, 0.6) is 23.0 Å². The van der Waals surface area contributed by atoms with Crippen LogP contribution in [0.2, 0.25) is 0 Å². The van der Waals surface area contributed by atoms with Crippen molar-refractivity contribution in [3.05, 3.63) is 45.4 Å². The van der Waals surface area contributed by atoms with E-state index >= 15 is 0 Å². The zero-order valence-corrected chi connectivity index (χ0v) is 16.8. The molecule has 0 fully saturated rings. The molecule has 0 saturated carbocycles. The highest BCUT2D eigenvalue weighted by Crippen LogP contribution is 2.41. The number of terminal acetylenes is 1. The Morgan fingerprint density at radius 2 is 1.85 bits per heavy atom. The molecule has 0 aromatic heterocycles. The molecule has 5 nitrogen and oxygen atoms in total. The molecule has 0 amide bonds. The fourth-order valence-electron chi connectivity index (χ4n) is 3.66. The molecule has 0 saturated heterocycles. The second-order valence-corrected chi connectivity index (χ2v) is 7.35. The van der Waals surface area contributed by atoms with Crippen LogP contribution in [0.1, 0.15) is 22.7 Å². The first-order valence-electron chi connectivity index (χ1n) is 8.67. The standard InChI is InChI=1S/C21H20BrNO4/c1-4-17-15-9-19(25-3)18(24-2)7-13(15)5-6-23(17)11-14-8-20-21(10-16(14)22)27-12-26-20/h1,7-10,17H,5-6,11-12H2,2-3H3/t17-/m1/s1. The van der Waals surface area contributed by atoms with E-state index in [4.69, 9.17) is 25.4 Å². The normalized spacial score (nSPS) is 17.9. The summed E-state index contributed by atoms with van der Waals surface area (Å²) in [5, 5.41) is 0. The van der Waals surface area contributed by atoms with Crippen LogP contribution in [0.15, 0.2) is 28.7 Å². The van der Waals surface area contributed by atoms with Crippen LogP contribution in [0, 0.1) is 12.3 Å². The number of methoxy groups -OCH3 is 2. The van der Waals surface area contributed by atoms with Crippen molar-refractivity contribution in [2.45, 2.75) is 19.0 Å². The number of benzene rings is 2. The van der Waals surface area contributed by atoms with E-state index in [1.54, 1.807) is 14.2 Å². The minimum Gasteiger partial charge on any atom is -0.493 e. The molecule has 0 radical (unpaired) electrons. The topological polar surface area (TPSA) is 40.2 Å². The fourth-order valence-corrected chi connectivity index (χ4v) is 4.11. The smallest absolute Gasteiger partial charge is 0.231 e. The Labute approximate surface area is 167 Å². The van der Waals surface area contributed by atoms with E-state index in [2.05, 4.69) is 26.8 Å². The summed E-state index contributed by atoms with van der Waals surface area (Å²) in [5.74, 6) is 5.92. The predicted molar refractivity (Wildman–Crippen MR) is 105 cm³/mol. The average molecular weight is 430 g/mol. The lowest BCUT2D eigenvalue weighted by Crippen LogP contribution is -2.34. The fraction of sp³-hybridized carbons (Fsp3) is 0.333. The van der Waals surface area contributed by atoms with Crippen LogP contribution in [-0.4, -0.2) is 32.5 Å². The summed E-state index contributed by atoms with van der Waals surface area (Å²) in [5.41, 5.74) is 3.42. The maximum atomic E-state index is 5.93. The Bertz CT molecular complexity index is 921. The molecule has 0 N–H and O–H groups in total. The number of hydrogen-bond donors (Lipinski definition) is 0. The van der Waals surface area contributed by atoms with E-state index in [1.807, 2.05) is 24.3 Å². The predicted octanol–water partition coefficient (Wildman–Crippen LogP) is 3.93. The van der Waals surface area contributed by atoms with Crippen molar-refractivity contribution >= 4 is 15.9 Å². The van der Waals surface area contributed by atoms with Crippen LogP contribution in [0.25, 0.3) is 0 Å². The van der Waals surface area contributed by atoms with Crippen molar-refractivity contribution in [1.29, 1.82) is 0 Å². The van der Waals surface area contributed by atoms with Crippen LogP contribution < -0.4 is 18.9 Å². The minimum absolute atomic E-state index is 0.133. The molecule has 0 aliphatic carbocycles. The van der Waals surface area contributed by atoms with Gasteiger partial charge in [-0.2, -0.15) is 0 Å². The molecule has 2 aromatic carbocycles. The number of hydrogen-bond acceptors (Lipinski definition) is 5. The van der Waals surface area contributed by atoms with Crippen molar-refractivity contribution < 1.29 is 18.9 Å². The van der Waals surface area contributed by atoms with Gasteiger partial charge in [-0.1, -0.05) is 21.9 Å². The van der Waals surface area contributed by atoms with Crippen LogP contribution in [0.4, 0.5) is 0 Å². The minimum atomic E-state index is -0.133. The number of rotatable bonds is 4. The third kappa shape index (κ3) is 3.22. The second-order valence-electron chi connectivity index (χ2n) is 6.49. The SMILES string of the molecule is C#C[C@@H]1c2cc(OC)c(OC)cc2CCN1Cc1cc2c(cc1Br)OCO2. The highest BCUT2D eigenvalue weighted by molar-refractivity contribution is 9.10. The van der Waals surface area contributed by atoms with Gasteiger partial charge in [-0.25, -0.2) is 0 Å². The van der Waals surface area contributed by atoms with Gasteiger partial charge in [0, 0.05) is 17.6 Å². The molecule has 2 aliphatic rings.